The largest absolute Gasteiger partial charge is 0.497 e. The highest BCUT2D eigenvalue weighted by Gasteiger charge is 2.22. The highest BCUT2D eigenvalue weighted by Crippen LogP contribution is 2.26. The van der Waals surface area contributed by atoms with Crippen LogP contribution >= 0.6 is 11.5 Å². The summed E-state index contributed by atoms with van der Waals surface area (Å²) in [5.41, 5.74) is 2.76. The quantitative estimate of drug-likeness (QED) is 0.485. The van der Waals surface area contributed by atoms with Crippen LogP contribution in [-0.4, -0.2) is 22.0 Å². The number of nitrogens with zero attached hydrogens (tertiary/aromatic N) is 3. The van der Waals surface area contributed by atoms with Gasteiger partial charge in [0.2, 0.25) is 4.80 Å². The highest BCUT2D eigenvalue weighted by atomic mass is 32.1. The van der Waals surface area contributed by atoms with Crippen molar-refractivity contribution in [2.75, 3.05) is 7.11 Å². The van der Waals surface area contributed by atoms with Crippen LogP contribution in [0.15, 0.2) is 89.9 Å². The fraction of sp³-hybridized carbons (Fsp3) is 0.125. The summed E-state index contributed by atoms with van der Waals surface area (Å²) in [5, 5.41) is 0. The molecule has 0 spiro atoms. The Kier molecular flexibility index (Phi) is 5.86. The Morgan fingerprint density at radius 1 is 0.933 bits per heavy atom. The summed E-state index contributed by atoms with van der Waals surface area (Å²) < 4.78 is 7.13. The molecule has 1 amide bonds. The van der Waals surface area contributed by atoms with Crippen molar-refractivity contribution < 1.29 is 9.53 Å². The van der Waals surface area contributed by atoms with E-state index in [9.17, 15) is 4.79 Å². The molecule has 1 heterocycles. The third-order valence-electron chi connectivity index (χ3n) is 4.79. The number of amides is 1. The van der Waals surface area contributed by atoms with E-state index >= 15 is 0 Å². The highest BCUT2D eigenvalue weighted by molar-refractivity contribution is 7.03. The molecule has 5 nitrogen and oxygen atoms in total. The van der Waals surface area contributed by atoms with Gasteiger partial charge in [-0.1, -0.05) is 60.7 Å². The van der Waals surface area contributed by atoms with Crippen LogP contribution in [0.3, 0.4) is 0 Å². The van der Waals surface area contributed by atoms with E-state index in [0.29, 0.717) is 4.80 Å². The van der Waals surface area contributed by atoms with Crippen molar-refractivity contribution in [3.63, 3.8) is 0 Å². The van der Waals surface area contributed by atoms with E-state index in [1.165, 1.54) is 11.5 Å². The maximum absolute atomic E-state index is 13.2. The Morgan fingerprint density at radius 3 is 2.03 bits per heavy atom. The number of rotatable bonds is 5. The first-order chi connectivity index (χ1) is 14.7. The van der Waals surface area contributed by atoms with Crippen molar-refractivity contribution in [3.05, 3.63) is 101 Å². The van der Waals surface area contributed by atoms with Crippen molar-refractivity contribution in [1.29, 1.82) is 0 Å². The van der Waals surface area contributed by atoms with Crippen LogP contribution in [0.2, 0.25) is 0 Å². The van der Waals surface area contributed by atoms with Crippen LogP contribution < -0.4 is 9.54 Å². The smallest absolute Gasteiger partial charge is 0.260 e. The van der Waals surface area contributed by atoms with Crippen LogP contribution in [0, 0.1) is 0 Å². The molecule has 0 unspecified atom stereocenters. The van der Waals surface area contributed by atoms with Gasteiger partial charge in [0.25, 0.3) is 5.91 Å². The second kappa shape index (κ2) is 8.88. The first-order valence-corrected chi connectivity index (χ1v) is 10.3. The summed E-state index contributed by atoms with van der Waals surface area (Å²) in [6.45, 7) is 0. The van der Waals surface area contributed by atoms with E-state index in [2.05, 4.69) is 9.98 Å². The number of hydrogen-bond donors (Lipinski definition) is 0. The topological polar surface area (TPSA) is 56.5 Å². The van der Waals surface area contributed by atoms with Crippen LogP contribution in [0.25, 0.3) is 11.4 Å². The molecular formula is C24H21N3O2S. The molecular weight excluding hydrogens is 394 g/mol. The molecule has 1 aromatic heterocycles. The van der Waals surface area contributed by atoms with Crippen molar-refractivity contribution in [2.45, 2.75) is 5.92 Å². The molecule has 4 aromatic rings. The van der Waals surface area contributed by atoms with Crippen molar-refractivity contribution >= 4 is 17.4 Å². The molecule has 30 heavy (non-hydrogen) atoms. The van der Waals surface area contributed by atoms with Gasteiger partial charge in [0.1, 0.15) is 5.75 Å². The average Bonchev–Trinajstić information content (AvgIpc) is 3.15. The molecule has 0 N–H and O–H groups in total. The standard InChI is InChI=1S/C24H21N3O2S/c1-27-22(19-13-15-20(29-2)16-14-19)25-24(30-27)26-23(28)21(17-9-5-3-6-10-17)18-11-7-4-8-12-18/h3-16,21H,1-2H3. The molecule has 3 aromatic carbocycles. The summed E-state index contributed by atoms with van der Waals surface area (Å²) >= 11 is 1.34. The molecule has 6 heteroatoms. The lowest BCUT2D eigenvalue weighted by atomic mass is 9.91. The fourth-order valence-electron chi connectivity index (χ4n) is 3.31. The SMILES string of the molecule is COc1ccc(-c2nc(=NC(=O)C(c3ccccc3)c3ccccc3)sn2C)cc1. The predicted molar refractivity (Wildman–Crippen MR) is 118 cm³/mol. The number of carbonyl (C=O) groups excluding carboxylic acids is 1. The minimum atomic E-state index is -0.467. The van der Waals surface area contributed by atoms with Crippen LogP contribution in [0.4, 0.5) is 0 Å². The number of benzene rings is 3. The number of aryl methyl sites for hydroxylation is 1. The molecule has 0 aliphatic carbocycles. The van der Waals surface area contributed by atoms with Crippen LogP contribution in [0.5, 0.6) is 5.75 Å². The Bertz CT molecular complexity index is 1160. The molecule has 0 fully saturated rings. The minimum Gasteiger partial charge on any atom is -0.497 e. The van der Waals surface area contributed by atoms with Crippen molar-refractivity contribution in [3.8, 4) is 17.1 Å². The van der Waals surface area contributed by atoms with Gasteiger partial charge < -0.3 is 4.74 Å². The molecule has 0 atom stereocenters. The van der Waals surface area contributed by atoms with Crippen molar-refractivity contribution in [1.82, 2.24) is 8.94 Å². The number of aromatic nitrogens is 2. The molecule has 0 aliphatic rings. The number of ether oxygens (including phenoxy) is 1. The lowest BCUT2D eigenvalue weighted by molar-refractivity contribution is -0.118. The maximum atomic E-state index is 13.2. The summed E-state index contributed by atoms with van der Waals surface area (Å²) in [6.07, 6.45) is 0. The van der Waals surface area contributed by atoms with Gasteiger partial charge in [-0.15, -0.1) is 0 Å². The van der Waals surface area contributed by atoms with E-state index in [1.807, 2.05) is 95.9 Å². The number of methoxy groups -OCH3 is 1. The van der Waals surface area contributed by atoms with Crippen molar-refractivity contribution in [2.24, 2.45) is 12.0 Å². The van der Waals surface area contributed by atoms with Crippen LogP contribution in [-0.2, 0) is 11.8 Å². The van der Waals surface area contributed by atoms with E-state index in [4.69, 9.17) is 4.74 Å². The second-order valence-corrected chi connectivity index (χ2v) is 7.84. The van der Waals surface area contributed by atoms with E-state index in [1.54, 1.807) is 7.11 Å². The van der Waals surface area contributed by atoms with Gasteiger partial charge in [0.05, 0.1) is 13.0 Å². The van der Waals surface area contributed by atoms with E-state index in [0.717, 1.165) is 28.3 Å². The maximum Gasteiger partial charge on any atom is 0.260 e. The molecule has 0 saturated heterocycles. The van der Waals surface area contributed by atoms with E-state index < -0.39 is 5.92 Å². The summed E-state index contributed by atoms with van der Waals surface area (Å²) in [6, 6.07) is 27.1. The predicted octanol–water partition coefficient (Wildman–Crippen LogP) is 4.42. The Morgan fingerprint density at radius 2 is 1.50 bits per heavy atom. The summed E-state index contributed by atoms with van der Waals surface area (Å²) in [5.74, 6) is 0.838. The lowest BCUT2D eigenvalue weighted by Crippen LogP contribution is -2.15. The molecule has 0 radical (unpaired) electrons. The summed E-state index contributed by atoms with van der Waals surface area (Å²) in [4.78, 5) is 22.6. The molecule has 0 saturated carbocycles. The molecule has 150 valence electrons. The summed E-state index contributed by atoms with van der Waals surface area (Å²) in [7, 11) is 3.54. The number of hydrogen-bond acceptors (Lipinski definition) is 4. The Balaban J connectivity index is 1.71. The first kappa shape index (κ1) is 19.8. The number of carbonyl (C=O) groups is 1. The molecule has 0 bridgehead atoms. The molecule has 0 aliphatic heterocycles. The zero-order valence-electron chi connectivity index (χ0n) is 16.7. The molecule has 4 rings (SSSR count). The Hall–Kier alpha value is -3.51. The third kappa shape index (κ3) is 4.23. The first-order valence-electron chi connectivity index (χ1n) is 9.53. The second-order valence-electron chi connectivity index (χ2n) is 6.74. The zero-order chi connectivity index (χ0) is 20.9. The Labute approximate surface area is 179 Å². The zero-order valence-corrected chi connectivity index (χ0v) is 17.5. The third-order valence-corrected chi connectivity index (χ3v) is 5.58. The van der Waals surface area contributed by atoms with Gasteiger partial charge in [-0.25, -0.2) is 0 Å². The van der Waals surface area contributed by atoms with Gasteiger partial charge in [-0.3, -0.25) is 8.75 Å². The average molecular weight is 416 g/mol. The van der Waals surface area contributed by atoms with Gasteiger partial charge in [-0.05, 0) is 46.9 Å². The monoisotopic (exact) mass is 415 g/mol. The van der Waals surface area contributed by atoms with Gasteiger partial charge >= 0.3 is 0 Å². The normalized spacial score (nSPS) is 11.6. The fourth-order valence-corrected chi connectivity index (χ4v) is 4.04. The van der Waals surface area contributed by atoms with Gasteiger partial charge in [0.15, 0.2) is 5.82 Å². The van der Waals surface area contributed by atoms with Gasteiger partial charge in [0, 0.05) is 12.6 Å². The minimum absolute atomic E-state index is 0.233. The van der Waals surface area contributed by atoms with Crippen LogP contribution in [0.1, 0.15) is 17.0 Å². The lowest BCUT2D eigenvalue weighted by Gasteiger charge is -2.13. The van der Waals surface area contributed by atoms with E-state index in [-0.39, 0.29) is 5.91 Å². The van der Waals surface area contributed by atoms with Gasteiger partial charge in [-0.2, -0.15) is 9.98 Å².